The molecule has 5 aromatic rings. The smallest absolute Gasteiger partial charge is 0.257 e. The molecule has 0 aliphatic carbocycles. The molecule has 5 rings (SSSR count). The van der Waals surface area contributed by atoms with Gasteiger partial charge in [-0.05, 0) is 43.3 Å². The molecule has 0 aliphatic rings. The van der Waals surface area contributed by atoms with Crippen LogP contribution < -0.4 is 10.9 Å². The molecule has 130 valence electrons. The Labute approximate surface area is 153 Å². The Bertz CT molecular complexity index is 1370. The zero-order valence-corrected chi connectivity index (χ0v) is 14.4. The average Bonchev–Trinajstić information content (AvgIpc) is 2.68. The van der Waals surface area contributed by atoms with E-state index in [9.17, 15) is 9.59 Å². The second-order valence-electron chi connectivity index (χ2n) is 6.54. The Hall–Kier alpha value is -3.80. The van der Waals surface area contributed by atoms with Crippen LogP contribution in [0.15, 0.2) is 59.7 Å². The molecule has 27 heavy (non-hydrogen) atoms. The Morgan fingerprint density at radius 3 is 2.26 bits per heavy atom. The van der Waals surface area contributed by atoms with E-state index in [0.717, 1.165) is 32.8 Å². The third kappa shape index (κ3) is 2.34. The van der Waals surface area contributed by atoms with E-state index in [2.05, 4.69) is 20.3 Å². The summed E-state index contributed by atoms with van der Waals surface area (Å²) < 4.78 is 0. The van der Waals surface area contributed by atoms with E-state index in [1.54, 1.807) is 18.2 Å². The van der Waals surface area contributed by atoms with Gasteiger partial charge in [0.05, 0.1) is 11.0 Å². The van der Waals surface area contributed by atoms with Crippen LogP contribution in [0.25, 0.3) is 32.6 Å². The lowest BCUT2D eigenvalue weighted by molar-refractivity contribution is 0.102. The predicted octanol–water partition coefficient (Wildman–Crippen LogP) is 3.62. The van der Waals surface area contributed by atoms with Gasteiger partial charge in [0.15, 0.2) is 0 Å². The number of aromatic amines is 1. The molecule has 0 radical (unpaired) electrons. The van der Waals surface area contributed by atoms with Crippen molar-refractivity contribution in [1.82, 2.24) is 15.0 Å². The van der Waals surface area contributed by atoms with E-state index in [4.69, 9.17) is 0 Å². The van der Waals surface area contributed by atoms with Crippen LogP contribution >= 0.6 is 0 Å². The van der Waals surface area contributed by atoms with Gasteiger partial charge < -0.3 is 10.3 Å². The molecule has 1 amide bonds. The fourth-order valence-electron chi connectivity index (χ4n) is 3.46. The number of pyridine rings is 1. The average molecular weight is 354 g/mol. The summed E-state index contributed by atoms with van der Waals surface area (Å²) in [7, 11) is 0. The minimum atomic E-state index is -0.281. The first-order valence-electron chi connectivity index (χ1n) is 8.51. The predicted molar refractivity (Wildman–Crippen MR) is 105 cm³/mol. The van der Waals surface area contributed by atoms with Crippen LogP contribution in [0, 0.1) is 6.92 Å². The number of nitrogens with one attached hydrogen (secondary N) is 2. The van der Waals surface area contributed by atoms with Crippen molar-refractivity contribution < 1.29 is 4.79 Å². The summed E-state index contributed by atoms with van der Waals surface area (Å²) in [5.41, 5.74) is 2.86. The third-order valence-corrected chi connectivity index (χ3v) is 4.82. The van der Waals surface area contributed by atoms with E-state index in [1.807, 2.05) is 37.3 Å². The molecule has 6 nitrogen and oxygen atoms in total. The molecular formula is C21H14N4O2. The van der Waals surface area contributed by atoms with Crippen LogP contribution in [-0.4, -0.2) is 20.9 Å². The molecule has 0 fully saturated rings. The highest BCUT2D eigenvalue weighted by Gasteiger charge is 2.16. The topological polar surface area (TPSA) is 87.7 Å². The SMILES string of the molecule is Cc1ccc(C(=O)Nc2[nH]c(=O)c3ccc4ncnc5ccc2c3c54)cc1. The van der Waals surface area contributed by atoms with Crippen molar-refractivity contribution in [3.05, 3.63) is 76.3 Å². The fourth-order valence-corrected chi connectivity index (χ4v) is 3.46. The number of hydrogen-bond acceptors (Lipinski definition) is 4. The van der Waals surface area contributed by atoms with Gasteiger partial charge in [0, 0.05) is 27.1 Å². The van der Waals surface area contributed by atoms with Gasteiger partial charge in [-0.2, -0.15) is 0 Å². The molecule has 0 aliphatic heterocycles. The van der Waals surface area contributed by atoms with Gasteiger partial charge in [0.25, 0.3) is 11.5 Å². The molecule has 0 bridgehead atoms. The second-order valence-corrected chi connectivity index (χ2v) is 6.54. The molecule has 6 heteroatoms. The van der Waals surface area contributed by atoms with E-state index in [-0.39, 0.29) is 11.5 Å². The summed E-state index contributed by atoms with van der Waals surface area (Å²) in [5.74, 6) is 0.0910. The number of benzene rings is 3. The minimum absolute atomic E-state index is 0.264. The number of anilines is 1. The fraction of sp³-hybridized carbons (Fsp3) is 0.0476. The summed E-state index contributed by atoms with van der Waals surface area (Å²) >= 11 is 0. The quantitative estimate of drug-likeness (QED) is 0.474. The molecule has 0 spiro atoms. The lowest BCUT2D eigenvalue weighted by Gasteiger charge is -2.13. The monoisotopic (exact) mass is 354 g/mol. The van der Waals surface area contributed by atoms with Crippen molar-refractivity contribution in [2.45, 2.75) is 6.92 Å². The molecule has 2 heterocycles. The summed E-state index contributed by atoms with van der Waals surface area (Å²) in [6.07, 6.45) is 1.51. The van der Waals surface area contributed by atoms with Crippen LogP contribution in [-0.2, 0) is 0 Å². The van der Waals surface area contributed by atoms with Gasteiger partial charge in [-0.25, -0.2) is 9.97 Å². The van der Waals surface area contributed by atoms with Crippen LogP contribution in [0.1, 0.15) is 15.9 Å². The number of aromatic nitrogens is 3. The maximum absolute atomic E-state index is 12.6. The minimum Gasteiger partial charge on any atom is -0.308 e. The highest BCUT2D eigenvalue weighted by atomic mass is 16.2. The molecule has 3 aromatic carbocycles. The van der Waals surface area contributed by atoms with Crippen molar-refractivity contribution in [1.29, 1.82) is 0 Å². The lowest BCUT2D eigenvalue weighted by atomic mass is 10.00. The van der Waals surface area contributed by atoms with Gasteiger partial charge in [-0.3, -0.25) is 9.59 Å². The first kappa shape index (κ1) is 15.5. The Morgan fingerprint density at radius 2 is 1.56 bits per heavy atom. The van der Waals surface area contributed by atoms with Gasteiger partial charge in [0.1, 0.15) is 12.1 Å². The zero-order chi connectivity index (χ0) is 18.5. The van der Waals surface area contributed by atoms with Crippen molar-refractivity contribution >= 4 is 44.3 Å². The van der Waals surface area contributed by atoms with Crippen molar-refractivity contribution in [3.63, 3.8) is 0 Å². The molecule has 0 saturated heterocycles. The first-order valence-corrected chi connectivity index (χ1v) is 8.51. The number of rotatable bonds is 2. The van der Waals surface area contributed by atoms with Crippen LogP contribution in [0.4, 0.5) is 5.82 Å². The maximum Gasteiger partial charge on any atom is 0.257 e. The summed E-state index contributed by atoms with van der Waals surface area (Å²) in [5, 5.41) is 5.71. The first-order chi connectivity index (χ1) is 13.1. The van der Waals surface area contributed by atoms with E-state index < -0.39 is 0 Å². The largest absolute Gasteiger partial charge is 0.308 e. The number of carbonyl (C=O) groups is 1. The van der Waals surface area contributed by atoms with E-state index >= 15 is 0 Å². The number of nitrogens with zero attached hydrogens (tertiary/aromatic N) is 2. The second kappa shape index (κ2) is 5.60. The zero-order valence-electron chi connectivity index (χ0n) is 14.4. The van der Waals surface area contributed by atoms with Crippen LogP contribution in [0.3, 0.4) is 0 Å². The number of hydrogen-bond donors (Lipinski definition) is 2. The molecular weight excluding hydrogens is 340 g/mol. The highest BCUT2D eigenvalue weighted by molar-refractivity contribution is 6.24. The standard InChI is InChI=1S/C21H14N4O2/c1-11-2-4-12(5-3-11)20(26)24-19-13-6-8-15-18-16(23-10-22-15)9-7-14(17(13)18)21(27)25-19/h2-10H,1H3,(H2,24,25,26,27). The normalized spacial score (nSPS) is 11.4. The van der Waals surface area contributed by atoms with Crippen molar-refractivity contribution in [2.75, 3.05) is 5.32 Å². The summed E-state index contributed by atoms with van der Waals surface area (Å²) in [4.78, 5) is 36.7. The van der Waals surface area contributed by atoms with Gasteiger partial charge >= 0.3 is 0 Å². The number of amides is 1. The maximum atomic E-state index is 12.6. The van der Waals surface area contributed by atoms with Gasteiger partial charge in [-0.1, -0.05) is 17.7 Å². The van der Waals surface area contributed by atoms with Crippen LogP contribution in [0.2, 0.25) is 0 Å². The lowest BCUT2D eigenvalue weighted by Crippen LogP contribution is -2.17. The number of aryl methyl sites for hydroxylation is 1. The molecule has 0 unspecified atom stereocenters. The van der Waals surface area contributed by atoms with E-state index in [0.29, 0.717) is 16.8 Å². The number of H-pyrrole nitrogens is 1. The van der Waals surface area contributed by atoms with Crippen molar-refractivity contribution in [2.24, 2.45) is 0 Å². The molecule has 2 N–H and O–H groups in total. The molecule has 2 aromatic heterocycles. The third-order valence-electron chi connectivity index (χ3n) is 4.82. The highest BCUT2D eigenvalue weighted by Crippen LogP contribution is 2.33. The number of carbonyl (C=O) groups excluding carboxylic acids is 1. The summed E-state index contributed by atoms with van der Waals surface area (Å²) in [6, 6.07) is 14.5. The van der Waals surface area contributed by atoms with E-state index in [1.165, 1.54) is 6.33 Å². The van der Waals surface area contributed by atoms with Gasteiger partial charge in [-0.15, -0.1) is 0 Å². The van der Waals surface area contributed by atoms with Crippen molar-refractivity contribution in [3.8, 4) is 0 Å². The molecule has 0 atom stereocenters. The molecule has 0 saturated carbocycles. The Kier molecular flexibility index (Phi) is 3.21. The Morgan fingerprint density at radius 1 is 0.889 bits per heavy atom. The van der Waals surface area contributed by atoms with Crippen LogP contribution in [0.5, 0.6) is 0 Å². The summed E-state index contributed by atoms with van der Waals surface area (Å²) in [6.45, 7) is 1.96. The Balaban J connectivity index is 1.74. The van der Waals surface area contributed by atoms with Gasteiger partial charge in [0.2, 0.25) is 0 Å².